The molecule has 1 atom stereocenters. The average molecular weight is 463 g/mol. The summed E-state index contributed by atoms with van der Waals surface area (Å²) in [4.78, 5) is 19.9. The zero-order valence-electron chi connectivity index (χ0n) is 20.0. The molecule has 0 saturated carbocycles. The van der Waals surface area contributed by atoms with Gasteiger partial charge < -0.3 is 4.74 Å². The summed E-state index contributed by atoms with van der Waals surface area (Å²) in [5, 5.41) is 9.51. The molecule has 0 radical (unpaired) electrons. The minimum atomic E-state index is -0.654. The second-order valence-electron chi connectivity index (χ2n) is 8.93. The smallest absolute Gasteiger partial charge is 0.247 e. The molecule has 3 aromatic rings. The van der Waals surface area contributed by atoms with Crippen LogP contribution in [0, 0.1) is 26.7 Å². The number of aryl methyl sites for hydroxylation is 3. The quantitative estimate of drug-likeness (QED) is 0.430. The van der Waals surface area contributed by atoms with Gasteiger partial charge in [0.05, 0.1) is 5.69 Å². The Kier molecular flexibility index (Phi) is 6.70. The van der Waals surface area contributed by atoms with Crippen LogP contribution in [0.4, 0.5) is 5.69 Å². The van der Waals surface area contributed by atoms with E-state index in [0.29, 0.717) is 29.1 Å². The second-order valence-corrected chi connectivity index (χ2v) is 9.92. The number of aromatic nitrogens is 3. The van der Waals surface area contributed by atoms with Gasteiger partial charge in [0.2, 0.25) is 23.2 Å². The largest absolute Gasteiger partial charge is 0.447 e. The number of hydrogen-bond acceptors (Lipinski definition) is 6. The van der Waals surface area contributed by atoms with Crippen molar-refractivity contribution >= 4 is 23.4 Å². The zero-order chi connectivity index (χ0) is 23.7. The summed E-state index contributed by atoms with van der Waals surface area (Å²) in [6.45, 7) is 12.3. The van der Waals surface area contributed by atoms with Gasteiger partial charge in [0.1, 0.15) is 0 Å². The Labute approximate surface area is 199 Å². The number of ether oxygens (including phenoxy) is 1. The van der Waals surface area contributed by atoms with Gasteiger partial charge in [-0.3, -0.25) is 9.69 Å². The van der Waals surface area contributed by atoms with Crippen molar-refractivity contribution < 1.29 is 9.53 Å². The lowest BCUT2D eigenvalue weighted by molar-refractivity contribution is -0.120. The van der Waals surface area contributed by atoms with Crippen LogP contribution in [-0.4, -0.2) is 26.8 Å². The maximum atomic E-state index is 13.4. The van der Waals surface area contributed by atoms with E-state index >= 15 is 0 Å². The summed E-state index contributed by atoms with van der Waals surface area (Å²) in [6.07, 6.45) is -0.304. The highest BCUT2D eigenvalue weighted by molar-refractivity contribution is 7.99. The van der Waals surface area contributed by atoms with Crippen molar-refractivity contribution in [3.05, 3.63) is 58.7 Å². The molecule has 2 heterocycles. The van der Waals surface area contributed by atoms with Crippen molar-refractivity contribution in [3.63, 3.8) is 0 Å². The molecule has 33 heavy (non-hydrogen) atoms. The maximum absolute atomic E-state index is 13.4. The molecule has 0 N–H and O–H groups in total. The molecular formula is C26H30N4O2S. The Balaban J connectivity index is 1.96. The molecule has 172 valence electrons. The molecule has 1 amide bonds. The summed E-state index contributed by atoms with van der Waals surface area (Å²) in [6, 6.07) is 12.2. The van der Waals surface area contributed by atoms with Gasteiger partial charge in [-0.25, -0.2) is 0 Å². The first-order chi connectivity index (χ1) is 15.8. The first-order valence-corrected chi connectivity index (χ1v) is 12.3. The summed E-state index contributed by atoms with van der Waals surface area (Å²) in [7, 11) is 0. The standard InChI is InChI=1S/C26H30N4O2S/c1-7-21(31)30-23-18(6)11-17(5)13-20(23)22-24(27-26(29-28-22)33-14-15(2)3)32-25(30)19-10-8-9-16(4)12-19/h8-13,15,25H,7,14H2,1-6H3/t25-/m1/s1. The maximum Gasteiger partial charge on any atom is 0.247 e. The summed E-state index contributed by atoms with van der Waals surface area (Å²) < 4.78 is 6.54. The molecule has 0 aliphatic carbocycles. The van der Waals surface area contributed by atoms with Crippen molar-refractivity contribution in [3.8, 4) is 17.1 Å². The Morgan fingerprint density at radius 3 is 2.61 bits per heavy atom. The van der Waals surface area contributed by atoms with Crippen LogP contribution >= 0.6 is 11.8 Å². The molecule has 4 rings (SSSR count). The van der Waals surface area contributed by atoms with Crippen LogP contribution in [0.15, 0.2) is 41.6 Å². The molecule has 6 nitrogen and oxygen atoms in total. The Morgan fingerprint density at radius 1 is 1.12 bits per heavy atom. The van der Waals surface area contributed by atoms with Crippen molar-refractivity contribution in [1.82, 2.24) is 15.2 Å². The number of thioether (sulfide) groups is 1. The molecule has 0 fully saturated rings. The minimum absolute atomic E-state index is 0.0233. The first-order valence-electron chi connectivity index (χ1n) is 11.3. The Hall–Kier alpha value is -2.93. The van der Waals surface area contributed by atoms with Crippen LogP contribution < -0.4 is 9.64 Å². The van der Waals surface area contributed by atoms with Gasteiger partial charge in [-0.15, -0.1) is 10.2 Å². The fraction of sp³-hybridized carbons (Fsp3) is 0.385. The monoisotopic (exact) mass is 462 g/mol. The van der Waals surface area contributed by atoms with Gasteiger partial charge in [0.15, 0.2) is 5.69 Å². The van der Waals surface area contributed by atoms with Gasteiger partial charge in [0, 0.05) is 23.3 Å². The number of nitrogens with zero attached hydrogens (tertiary/aromatic N) is 4. The molecule has 1 aromatic heterocycles. The predicted octanol–water partition coefficient (Wildman–Crippen LogP) is 6.05. The Bertz CT molecular complexity index is 1190. The number of carbonyl (C=O) groups is 1. The fourth-order valence-corrected chi connectivity index (χ4v) is 4.78. The van der Waals surface area contributed by atoms with Gasteiger partial charge >= 0.3 is 0 Å². The second kappa shape index (κ2) is 9.51. The van der Waals surface area contributed by atoms with Gasteiger partial charge in [-0.05, 0) is 38.3 Å². The highest BCUT2D eigenvalue weighted by Crippen LogP contribution is 2.45. The first kappa shape index (κ1) is 23.2. The summed E-state index contributed by atoms with van der Waals surface area (Å²) in [5.74, 6) is 1.77. The molecule has 2 aromatic carbocycles. The number of hydrogen-bond donors (Lipinski definition) is 0. The zero-order valence-corrected chi connectivity index (χ0v) is 20.9. The van der Waals surface area contributed by atoms with Crippen LogP contribution in [0.3, 0.4) is 0 Å². The van der Waals surface area contributed by atoms with Gasteiger partial charge in [0.25, 0.3) is 0 Å². The van der Waals surface area contributed by atoms with E-state index in [1.54, 1.807) is 16.7 Å². The SMILES string of the molecule is CCC(=O)N1c2c(C)cc(C)cc2-c2nnc(SCC(C)C)nc2O[C@@H]1c1cccc(C)c1. The molecule has 7 heteroatoms. The van der Waals surface area contributed by atoms with Gasteiger partial charge in [-0.1, -0.05) is 74.0 Å². The van der Waals surface area contributed by atoms with Crippen molar-refractivity contribution in [2.45, 2.75) is 59.3 Å². The number of anilines is 1. The molecule has 0 saturated heterocycles. The summed E-state index contributed by atoms with van der Waals surface area (Å²) in [5.41, 5.74) is 6.24. The van der Waals surface area contributed by atoms with E-state index in [1.807, 2.05) is 52.0 Å². The van der Waals surface area contributed by atoms with Crippen LogP contribution in [0.25, 0.3) is 11.3 Å². The molecule has 1 aliphatic rings. The lowest BCUT2D eigenvalue weighted by Gasteiger charge is -2.32. The normalized spacial score (nSPS) is 15.0. The van der Waals surface area contributed by atoms with Crippen molar-refractivity contribution in [2.75, 3.05) is 10.7 Å². The number of fused-ring (bicyclic) bond motifs is 3. The van der Waals surface area contributed by atoms with E-state index in [1.165, 1.54) is 0 Å². The third kappa shape index (κ3) is 4.74. The van der Waals surface area contributed by atoms with E-state index in [4.69, 9.17) is 9.72 Å². The molecular weight excluding hydrogens is 432 g/mol. The van der Waals surface area contributed by atoms with Crippen molar-refractivity contribution in [1.29, 1.82) is 0 Å². The molecule has 0 bridgehead atoms. The lowest BCUT2D eigenvalue weighted by atomic mass is 9.99. The van der Waals surface area contributed by atoms with Crippen molar-refractivity contribution in [2.24, 2.45) is 5.92 Å². The van der Waals surface area contributed by atoms with E-state index in [2.05, 4.69) is 36.2 Å². The lowest BCUT2D eigenvalue weighted by Crippen LogP contribution is -2.37. The third-order valence-electron chi connectivity index (χ3n) is 5.48. The van der Waals surface area contributed by atoms with E-state index in [9.17, 15) is 4.79 Å². The molecule has 0 spiro atoms. The van der Waals surface area contributed by atoms with E-state index in [-0.39, 0.29) is 5.91 Å². The van der Waals surface area contributed by atoms with E-state index in [0.717, 1.165) is 39.3 Å². The number of amides is 1. The molecule has 0 unspecified atom stereocenters. The molecule has 1 aliphatic heterocycles. The number of rotatable bonds is 5. The van der Waals surface area contributed by atoms with Gasteiger partial charge in [-0.2, -0.15) is 4.98 Å². The van der Waals surface area contributed by atoms with Crippen LogP contribution in [0.1, 0.15) is 55.7 Å². The fourth-order valence-electron chi connectivity index (χ4n) is 4.05. The van der Waals surface area contributed by atoms with Crippen LogP contribution in [0.5, 0.6) is 5.88 Å². The van der Waals surface area contributed by atoms with Crippen LogP contribution in [-0.2, 0) is 4.79 Å². The minimum Gasteiger partial charge on any atom is -0.447 e. The predicted molar refractivity (Wildman–Crippen MR) is 133 cm³/mol. The van der Waals surface area contributed by atoms with Crippen LogP contribution in [0.2, 0.25) is 0 Å². The Morgan fingerprint density at radius 2 is 1.91 bits per heavy atom. The number of carbonyl (C=O) groups excluding carboxylic acids is 1. The van der Waals surface area contributed by atoms with E-state index < -0.39 is 6.23 Å². The number of benzene rings is 2. The average Bonchev–Trinajstić information content (AvgIpc) is 2.91. The highest BCUT2D eigenvalue weighted by atomic mass is 32.2. The highest BCUT2D eigenvalue weighted by Gasteiger charge is 2.36. The topological polar surface area (TPSA) is 68.2 Å². The third-order valence-corrected chi connectivity index (χ3v) is 6.74. The summed E-state index contributed by atoms with van der Waals surface area (Å²) >= 11 is 1.56.